The molecule has 1 rings (SSSR count). The lowest BCUT2D eigenvalue weighted by molar-refractivity contribution is -0.384. The normalized spacial score (nSPS) is 11.4. The number of nitro groups is 1. The van der Waals surface area contributed by atoms with Gasteiger partial charge in [0.05, 0.1) is 4.92 Å². The van der Waals surface area contributed by atoms with E-state index >= 15 is 0 Å². The molecule has 0 bridgehead atoms. The minimum absolute atomic E-state index is 0.00906. The lowest BCUT2D eigenvalue weighted by atomic mass is 9.87. The van der Waals surface area contributed by atoms with Crippen molar-refractivity contribution in [3.8, 4) is 0 Å². The number of alkyl halides is 1. The molecule has 0 N–H and O–H groups in total. The quantitative estimate of drug-likeness (QED) is 0.474. The zero-order valence-corrected chi connectivity index (χ0v) is 9.74. The average molecular weight is 258 g/mol. The zero-order chi connectivity index (χ0) is 10.8. The van der Waals surface area contributed by atoms with Crippen LogP contribution in [-0.2, 0) is 5.41 Å². The largest absolute Gasteiger partial charge is 0.269 e. The molecular formula is C10H12BrNO2. The molecule has 0 aliphatic heterocycles. The third-order valence-corrected chi connectivity index (χ3v) is 3.60. The van der Waals surface area contributed by atoms with Crippen LogP contribution in [0.5, 0.6) is 0 Å². The van der Waals surface area contributed by atoms with Crippen molar-refractivity contribution in [1.82, 2.24) is 0 Å². The Balaban J connectivity index is 2.99. The van der Waals surface area contributed by atoms with Gasteiger partial charge in [0.25, 0.3) is 5.69 Å². The Hall–Kier alpha value is -0.900. The summed E-state index contributed by atoms with van der Waals surface area (Å²) in [5.41, 5.74) is 1.24. The van der Waals surface area contributed by atoms with Crippen LogP contribution in [0.3, 0.4) is 0 Å². The third kappa shape index (κ3) is 2.32. The van der Waals surface area contributed by atoms with E-state index in [1.807, 2.05) is 0 Å². The fourth-order valence-corrected chi connectivity index (χ4v) is 1.44. The van der Waals surface area contributed by atoms with Crippen molar-refractivity contribution >= 4 is 21.6 Å². The van der Waals surface area contributed by atoms with E-state index in [4.69, 9.17) is 0 Å². The summed E-state index contributed by atoms with van der Waals surface area (Å²) >= 11 is 3.42. The van der Waals surface area contributed by atoms with Gasteiger partial charge in [0.2, 0.25) is 0 Å². The van der Waals surface area contributed by atoms with Gasteiger partial charge in [0.1, 0.15) is 0 Å². The first kappa shape index (κ1) is 11.2. The highest BCUT2D eigenvalue weighted by Crippen LogP contribution is 2.26. The molecule has 0 saturated heterocycles. The van der Waals surface area contributed by atoms with Gasteiger partial charge in [0, 0.05) is 17.5 Å². The number of rotatable bonds is 3. The van der Waals surface area contributed by atoms with Crippen LogP contribution in [-0.4, -0.2) is 10.3 Å². The maximum Gasteiger partial charge on any atom is 0.269 e. The van der Waals surface area contributed by atoms with Crippen LogP contribution >= 0.6 is 15.9 Å². The lowest BCUT2D eigenvalue weighted by Crippen LogP contribution is -2.18. The fourth-order valence-electron chi connectivity index (χ4n) is 1.11. The molecule has 0 atom stereocenters. The standard InChI is InChI=1S/C10H12BrNO2/c1-10(2,7-11)8-3-5-9(6-4-8)12(13)14/h3-6H,7H2,1-2H3. The smallest absolute Gasteiger partial charge is 0.258 e. The molecule has 4 heteroatoms. The van der Waals surface area contributed by atoms with Crippen molar-refractivity contribution in [3.63, 3.8) is 0 Å². The van der Waals surface area contributed by atoms with E-state index in [0.29, 0.717) is 0 Å². The maximum absolute atomic E-state index is 10.4. The Morgan fingerprint density at radius 1 is 1.36 bits per heavy atom. The number of non-ortho nitro benzene ring substituents is 1. The van der Waals surface area contributed by atoms with Crippen LogP contribution in [0.1, 0.15) is 19.4 Å². The Morgan fingerprint density at radius 3 is 2.21 bits per heavy atom. The van der Waals surface area contributed by atoms with Crippen molar-refractivity contribution in [3.05, 3.63) is 39.9 Å². The minimum Gasteiger partial charge on any atom is -0.258 e. The molecule has 3 nitrogen and oxygen atoms in total. The van der Waals surface area contributed by atoms with Crippen LogP contribution in [0.15, 0.2) is 24.3 Å². The lowest BCUT2D eigenvalue weighted by Gasteiger charge is -2.21. The Morgan fingerprint density at radius 2 is 1.86 bits per heavy atom. The van der Waals surface area contributed by atoms with E-state index in [2.05, 4.69) is 29.8 Å². The molecule has 14 heavy (non-hydrogen) atoms. The van der Waals surface area contributed by atoms with Gasteiger partial charge in [0.15, 0.2) is 0 Å². The SMILES string of the molecule is CC(C)(CBr)c1ccc([N+](=O)[O-])cc1. The number of nitrogens with zero attached hydrogens (tertiary/aromatic N) is 1. The number of nitro benzene ring substituents is 1. The summed E-state index contributed by atoms with van der Waals surface area (Å²) in [5, 5.41) is 11.3. The molecule has 0 saturated carbocycles. The predicted molar refractivity (Wildman–Crippen MR) is 59.9 cm³/mol. The minimum atomic E-state index is -0.384. The van der Waals surface area contributed by atoms with Crippen molar-refractivity contribution in [2.75, 3.05) is 5.33 Å². The molecule has 0 aromatic heterocycles. The van der Waals surface area contributed by atoms with Crippen LogP contribution in [0, 0.1) is 10.1 Å². The van der Waals surface area contributed by atoms with Crippen LogP contribution in [0.4, 0.5) is 5.69 Å². The zero-order valence-electron chi connectivity index (χ0n) is 8.16. The molecule has 0 radical (unpaired) electrons. The Labute approximate surface area is 91.4 Å². The molecule has 0 unspecified atom stereocenters. The van der Waals surface area contributed by atoms with Crippen LogP contribution in [0.2, 0.25) is 0 Å². The molecule has 1 aromatic rings. The van der Waals surface area contributed by atoms with Gasteiger partial charge < -0.3 is 0 Å². The van der Waals surface area contributed by atoms with E-state index in [9.17, 15) is 10.1 Å². The van der Waals surface area contributed by atoms with Crippen molar-refractivity contribution in [2.24, 2.45) is 0 Å². The molecule has 0 spiro atoms. The number of benzene rings is 1. The highest BCUT2D eigenvalue weighted by molar-refractivity contribution is 9.09. The number of halogens is 1. The van der Waals surface area contributed by atoms with Gasteiger partial charge in [-0.05, 0) is 11.0 Å². The fraction of sp³-hybridized carbons (Fsp3) is 0.400. The highest BCUT2D eigenvalue weighted by Gasteiger charge is 2.19. The summed E-state index contributed by atoms with van der Waals surface area (Å²) in [7, 11) is 0. The first-order chi connectivity index (χ1) is 6.47. The second-order valence-electron chi connectivity index (χ2n) is 3.82. The summed E-state index contributed by atoms with van der Waals surface area (Å²) in [4.78, 5) is 10.0. The summed E-state index contributed by atoms with van der Waals surface area (Å²) in [6, 6.07) is 6.69. The molecule has 0 aliphatic carbocycles. The predicted octanol–water partition coefficient (Wildman–Crippen LogP) is 3.27. The molecular weight excluding hydrogens is 246 g/mol. The first-order valence-corrected chi connectivity index (χ1v) is 5.40. The maximum atomic E-state index is 10.4. The third-order valence-electron chi connectivity index (χ3n) is 2.19. The molecule has 0 aliphatic rings. The summed E-state index contributed by atoms with van der Waals surface area (Å²) in [6.07, 6.45) is 0. The molecule has 0 heterocycles. The second-order valence-corrected chi connectivity index (χ2v) is 4.38. The average Bonchev–Trinajstić information content (AvgIpc) is 2.18. The number of hydrogen-bond donors (Lipinski definition) is 0. The van der Waals surface area contributed by atoms with Gasteiger partial charge in [-0.15, -0.1) is 0 Å². The van der Waals surface area contributed by atoms with E-state index in [1.54, 1.807) is 24.3 Å². The summed E-state index contributed by atoms with van der Waals surface area (Å²) < 4.78 is 0. The van der Waals surface area contributed by atoms with Crippen LogP contribution in [0.25, 0.3) is 0 Å². The van der Waals surface area contributed by atoms with Crippen molar-refractivity contribution in [2.45, 2.75) is 19.3 Å². The molecule has 76 valence electrons. The van der Waals surface area contributed by atoms with Gasteiger partial charge >= 0.3 is 0 Å². The summed E-state index contributed by atoms with van der Waals surface area (Å²) in [5.74, 6) is 0. The van der Waals surface area contributed by atoms with E-state index in [0.717, 1.165) is 10.9 Å². The summed E-state index contributed by atoms with van der Waals surface area (Å²) in [6.45, 7) is 4.17. The van der Waals surface area contributed by atoms with Gasteiger partial charge in [-0.25, -0.2) is 0 Å². The monoisotopic (exact) mass is 257 g/mol. The van der Waals surface area contributed by atoms with Gasteiger partial charge in [-0.2, -0.15) is 0 Å². The Kier molecular flexibility index (Phi) is 3.26. The first-order valence-electron chi connectivity index (χ1n) is 4.28. The highest BCUT2D eigenvalue weighted by atomic mass is 79.9. The molecule has 0 amide bonds. The van der Waals surface area contributed by atoms with E-state index in [-0.39, 0.29) is 16.0 Å². The number of hydrogen-bond acceptors (Lipinski definition) is 2. The topological polar surface area (TPSA) is 43.1 Å². The van der Waals surface area contributed by atoms with E-state index < -0.39 is 0 Å². The van der Waals surface area contributed by atoms with Crippen molar-refractivity contribution in [1.29, 1.82) is 0 Å². The van der Waals surface area contributed by atoms with E-state index in [1.165, 1.54) is 0 Å². The second kappa shape index (κ2) is 4.09. The van der Waals surface area contributed by atoms with Gasteiger partial charge in [-0.3, -0.25) is 10.1 Å². The molecule has 1 aromatic carbocycles. The molecule has 0 fully saturated rings. The van der Waals surface area contributed by atoms with Crippen LogP contribution < -0.4 is 0 Å². The Bertz CT molecular complexity index is 332. The van der Waals surface area contributed by atoms with Gasteiger partial charge in [-0.1, -0.05) is 41.9 Å². The van der Waals surface area contributed by atoms with Crippen molar-refractivity contribution < 1.29 is 4.92 Å².